The van der Waals surface area contributed by atoms with Crippen LogP contribution >= 0.6 is 23.2 Å². The quantitative estimate of drug-likeness (QED) is 0.878. The van der Waals surface area contributed by atoms with E-state index >= 15 is 0 Å². The van der Waals surface area contributed by atoms with Crippen molar-refractivity contribution in [3.63, 3.8) is 0 Å². The minimum Gasteiger partial charge on any atom is -0.310 e. The van der Waals surface area contributed by atoms with Crippen LogP contribution in [0.15, 0.2) is 24.4 Å². The third-order valence-corrected chi connectivity index (χ3v) is 4.10. The van der Waals surface area contributed by atoms with E-state index in [0.29, 0.717) is 10.0 Å². The van der Waals surface area contributed by atoms with Gasteiger partial charge in [-0.1, -0.05) is 30.1 Å². The number of hydrogen-bond acceptors (Lipinski definition) is 2. The van der Waals surface area contributed by atoms with Crippen molar-refractivity contribution in [2.45, 2.75) is 33.2 Å². The van der Waals surface area contributed by atoms with E-state index in [4.69, 9.17) is 23.2 Å². The van der Waals surface area contributed by atoms with Crippen molar-refractivity contribution in [1.29, 1.82) is 0 Å². The van der Waals surface area contributed by atoms with E-state index < -0.39 is 0 Å². The summed E-state index contributed by atoms with van der Waals surface area (Å²) in [7, 11) is 0. The molecule has 0 bridgehead atoms. The first kappa shape index (κ1) is 15.4. The Hall–Kier alpha value is -1.03. The van der Waals surface area contributed by atoms with E-state index in [-0.39, 0.29) is 6.04 Å². The minimum absolute atomic E-state index is 0.284. The number of halogens is 2. The second-order valence-electron chi connectivity index (χ2n) is 4.87. The molecule has 1 heterocycles. The Kier molecular flexibility index (Phi) is 5.08. The highest BCUT2D eigenvalue weighted by Crippen LogP contribution is 2.26. The highest BCUT2D eigenvalue weighted by Gasteiger charge is 2.14. The van der Waals surface area contributed by atoms with Gasteiger partial charge < -0.3 is 5.32 Å². The molecule has 0 spiro atoms. The Balaban J connectivity index is 2.30. The van der Waals surface area contributed by atoms with Gasteiger partial charge in [-0.3, -0.25) is 0 Å². The van der Waals surface area contributed by atoms with Crippen LogP contribution in [0.25, 0.3) is 5.69 Å². The lowest BCUT2D eigenvalue weighted by molar-refractivity contribution is 0.568. The Labute approximate surface area is 129 Å². The molecule has 2 aromatic rings. The van der Waals surface area contributed by atoms with Crippen molar-refractivity contribution < 1.29 is 0 Å². The van der Waals surface area contributed by atoms with Crippen molar-refractivity contribution in [2.24, 2.45) is 0 Å². The smallest absolute Gasteiger partial charge is 0.0664 e. The Morgan fingerprint density at radius 2 is 2.05 bits per heavy atom. The van der Waals surface area contributed by atoms with E-state index in [1.54, 1.807) is 6.07 Å². The van der Waals surface area contributed by atoms with Crippen molar-refractivity contribution in [3.8, 4) is 5.69 Å². The van der Waals surface area contributed by atoms with Gasteiger partial charge in [-0.15, -0.1) is 0 Å². The number of rotatable bonds is 5. The van der Waals surface area contributed by atoms with Gasteiger partial charge in [0.2, 0.25) is 0 Å². The van der Waals surface area contributed by atoms with Gasteiger partial charge in [-0.05, 0) is 45.0 Å². The van der Waals surface area contributed by atoms with Gasteiger partial charge in [0.25, 0.3) is 0 Å². The molecule has 1 atom stereocenters. The highest BCUT2D eigenvalue weighted by molar-refractivity contribution is 6.42. The molecule has 20 heavy (non-hydrogen) atoms. The molecular weight excluding hydrogens is 293 g/mol. The van der Waals surface area contributed by atoms with Gasteiger partial charge >= 0.3 is 0 Å². The van der Waals surface area contributed by atoms with E-state index in [2.05, 4.69) is 31.2 Å². The zero-order valence-corrected chi connectivity index (χ0v) is 13.5. The fraction of sp³-hybridized carbons (Fsp3) is 0.400. The number of hydrogen-bond donors (Lipinski definition) is 1. The molecule has 2 rings (SSSR count). The number of nitrogens with one attached hydrogen (secondary N) is 1. The van der Waals surface area contributed by atoms with Crippen molar-refractivity contribution >= 4 is 23.2 Å². The SMILES string of the molecule is CCCNC(C)c1cnn(-c2ccc(Cl)c(Cl)c2)c1C. The summed E-state index contributed by atoms with van der Waals surface area (Å²) in [5, 5.41) is 9.03. The molecule has 1 unspecified atom stereocenters. The first-order valence-corrected chi connectivity index (χ1v) is 7.53. The molecule has 0 saturated heterocycles. The molecule has 0 fully saturated rings. The summed E-state index contributed by atoms with van der Waals surface area (Å²) in [6.07, 6.45) is 3.02. The Morgan fingerprint density at radius 3 is 2.70 bits per heavy atom. The average molecular weight is 312 g/mol. The molecule has 0 saturated carbocycles. The Morgan fingerprint density at radius 1 is 1.30 bits per heavy atom. The second-order valence-corrected chi connectivity index (χ2v) is 5.69. The zero-order valence-electron chi connectivity index (χ0n) is 12.0. The summed E-state index contributed by atoms with van der Waals surface area (Å²) >= 11 is 12.0. The summed E-state index contributed by atoms with van der Waals surface area (Å²) in [4.78, 5) is 0. The Bertz CT molecular complexity index is 593. The molecule has 0 aliphatic rings. The van der Waals surface area contributed by atoms with Crippen LogP contribution in [0.5, 0.6) is 0 Å². The lowest BCUT2D eigenvalue weighted by Gasteiger charge is -2.13. The van der Waals surface area contributed by atoms with Crippen LogP contribution in [0.3, 0.4) is 0 Å². The maximum absolute atomic E-state index is 6.07. The summed E-state index contributed by atoms with van der Waals surface area (Å²) < 4.78 is 1.89. The van der Waals surface area contributed by atoms with Gasteiger partial charge in [-0.25, -0.2) is 4.68 Å². The highest BCUT2D eigenvalue weighted by atomic mass is 35.5. The number of aromatic nitrogens is 2. The average Bonchev–Trinajstić information content (AvgIpc) is 2.81. The lowest BCUT2D eigenvalue weighted by atomic mass is 10.1. The minimum atomic E-state index is 0.284. The maximum Gasteiger partial charge on any atom is 0.0664 e. The largest absolute Gasteiger partial charge is 0.310 e. The van der Waals surface area contributed by atoms with Gasteiger partial charge in [0.05, 0.1) is 21.9 Å². The predicted octanol–water partition coefficient (Wildman–Crippen LogP) is 4.55. The van der Waals surface area contributed by atoms with E-state index in [1.807, 2.05) is 23.0 Å². The van der Waals surface area contributed by atoms with Crippen LogP contribution in [-0.4, -0.2) is 16.3 Å². The molecule has 0 amide bonds. The van der Waals surface area contributed by atoms with E-state index in [1.165, 1.54) is 5.56 Å². The summed E-state index contributed by atoms with van der Waals surface area (Å²) in [5.74, 6) is 0. The van der Waals surface area contributed by atoms with Crippen LogP contribution in [0, 0.1) is 6.92 Å². The molecule has 0 aliphatic carbocycles. The first-order valence-electron chi connectivity index (χ1n) is 6.78. The summed E-state index contributed by atoms with van der Waals surface area (Å²) in [6, 6.07) is 5.82. The molecule has 1 aromatic carbocycles. The van der Waals surface area contributed by atoms with E-state index in [9.17, 15) is 0 Å². The van der Waals surface area contributed by atoms with E-state index in [0.717, 1.165) is 24.3 Å². The molecule has 0 radical (unpaired) electrons. The number of nitrogens with zero attached hydrogens (tertiary/aromatic N) is 2. The first-order chi connectivity index (χ1) is 9.54. The monoisotopic (exact) mass is 311 g/mol. The summed E-state index contributed by atoms with van der Waals surface area (Å²) in [5.41, 5.74) is 3.23. The van der Waals surface area contributed by atoms with Crippen LogP contribution in [0.2, 0.25) is 10.0 Å². The normalized spacial score (nSPS) is 12.7. The standard InChI is InChI=1S/C15H19Cl2N3/c1-4-7-18-10(2)13-9-19-20(11(13)3)12-5-6-14(16)15(17)8-12/h5-6,8-10,18H,4,7H2,1-3H3. The topological polar surface area (TPSA) is 29.9 Å². The van der Waals surface area contributed by atoms with Crippen molar-refractivity contribution in [3.05, 3.63) is 45.7 Å². The zero-order chi connectivity index (χ0) is 14.7. The molecular formula is C15H19Cl2N3. The molecule has 3 nitrogen and oxygen atoms in total. The van der Waals surface area contributed by atoms with Crippen molar-refractivity contribution in [2.75, 3.05) is 6.54 Å². The van der Waals surface area contributed by atoms with Crippen LogP contribution in [-0.2, 0) is 0 Å². The fourth-order valence-corrected chi connectivity index (χ4v) is 2.49. The third-order valence-electron chi connectivity index (χ3n) is 3.36. The molecule has 5 heteroatoms. The van der Waals surface area contributed by atoms with Gasteiger partial charge in [0, 0.05) is 17.3 Å². The second kappa shape index (κ2) is 6.61. The van der Waals surface area contributed by atoms with Crippen LogP contribution in [0.4, 0.5) is 0 Å². The third kappa shape index (κ3) is 3.17. The van der Waals surface area contributed by atoms with Gasteiger partial charge in [-0.2, -0.15) is 5.10 Å². The van der Waals surface area contributed by atoms with Crippen molar-refractivity contribution in [1.82, 2.24) is 15.1 Å². The fourth-order valence-electron chi connectivity index (χ4n) is 2.20. The van der Waals surface area contributed by atoms with Crippen LogP contribution < -0.4 is 5.32 Å². The molecule has 1 aromatic heterocycles. The predicted molar refractivity (Wildman–Crippen MR) is 85.0 cm³/mol. The van der Waals surface area contributed by atoms with Gasteiger partial charge in [0.15, 0.2) is 0 Å². The number of benzene rings is 1. The maximum atomic E-state index is 6.07. The molecule has 108 valence electrons. The lowest BCUT2D eigenvalue weighted by Crippen LogP contribution is -2.19. The molecule has 0 aliphatic heterocycles. The summed E-state index contributed by atoms with van der Waals surface area (Å²) in [6.45, 7) is 7.37. The van der Waals surface area contributed by atoms with Crippen LogP contribution in [0.1, 0.15) is 37.6 Å². The molecule has 1 N–H and O–H groups in total. The van der Waals surface area contributed by atoms with Gasteiger partial charge in [0.1, 0.15) is 0 Å².